The van der Waals surface area contributed by atoms with Gasteiger partial charge in [0.05, 0.1) is 15.6 Å². The first-order chi connectivity index (χ1) is 11.9. The lowest BCUT2D eigenvalue weighted by Crippen LogP contribution is -2.22. The second kappa shape index (κ2) is 5.70. The van der Waals surface area contributed by atoms with Crippen LogP contribution in [-0.2, 0) is 0 Å². The van der Waals surface area contributed by atoms with Crippen LogP contribution in [0.2, 0.25) is 0 Å². The summed E-state index contributed by atoms with van der Waals surface area (Å²) in [6, 6.07) is 12.3. The van der Waals surface area contributed by atoms with Gasteiger partial charge in [-0.25, -0.2) is 9.38 Å². The number of imidazole rings is 1. The molecule has 0 bridgehead atoms. The Balaban J connectivity index is 1.89. The zero-order valence-electron chi connectivity index (χ0n) is 14.7. The fourth-order valence-corrected chi connectivity index (χ4v) is 3.93. The zero-order valence-corrected chi connectivity index (χ0v) is 15.5. The van der Waals surface area contributed by atoms with Crippen molar-refractivity contribution in [1.29, 1.82) is 0 Å². The van der Waals surface area contributed by atoms with Crippen LogP contribution in [0.25, 0.3) is 22.1 Å². The molecule has 0 atom stereocenters. The number of aromatic nitrogens is 2. The van der Waals surface area contributed by atoms with Gasteiger partial charge in [0.1, 0.15) is 0 Å². The molecule has 0 saturated heterocycles. The van der Waals surface area contributed by atoms with Gasteiger partial charge in [-0.3, -0.25) is 4.79 Å². The van der Waals surface area contributed by atoms with Gasteiger partial charge in [0.2, 0.25) is 0 Å². The summed E-state index contributed by atoms with van der Waals surface area (Å²) >= 11 is 1.44. The van der Waals surface area contributed by atoms with Crippen molar-refractivity contribution in [1.82, 2.24) is 9.38 Å². The third-order valence-electron chi connectivity index (χ3n) is 4.56. The van der Waals surface area contributed by atoms with E-state index >= 15 is 0 Å². The maximum absolute atomic E-state index is 12.9. The number of nitrogens with zero attached hydrogens (tertiary/aromatic N) is 3. The molecule has 0 saturated carbocycles. The Morgan fingerprint density at radius 2 is 1.76 bits per heavy atom. The van der Waals surface area contributed by atoms with Crippen LogP contribution in [0.15, 0.2) is 41.2 Å². The maximum Gasteiger partial charge on any atom is 0.274 e. The number of rotatable bonds is 2. The first kappa shape index (κ1) is 15.8. The Kier molecular flexibility index (Phi) is 3.62. The van der Waals surface area contributed by atoms with Gasteiger partial charge in [-0.2, -0.15) is 0 Å². The molecule has 0 radical (unpaired) electrons. The van der Waals surface area contributed by atoms with E-state index in [1.54, 1.807) is 4.40 Å². The van der Waals surface area contributed by atoms with Crippen molar-refractivity contribution < 1.29 is 0 Å². The fraction of sp³-hybridized carbons (Fsp3) is 0.200. The molecule has 2 aromatic carbocycles. The van der Waals surface area contributed by atoms with E-state index in [-0.39, 0.29) is 5.56 Å². The number of hydrogen-bond donors (Lipinski definition) is 0. The van der Waals surface area contributed by atoms with Gasteiger partial charge in [0.15, 0.2) is 4.96 Å². The van der Waals surface area contributed by atoms with Gasteiger partial charge >= 0.3 is 0 Å². The number of fused-ring (bicyclic) bond motifs is 3. The first-order valence-corrected chi connectivity index (χ1v) is 8.97. The molecule has 0 aliphatic heterocycles. The normalized spacial score (nSPS) is 12.4. The summed E-state index contributed by atoms with van der Waals surface area (Å²) < 4.78 is 2.44. The number of thiazole rings is 1. The van der Waals surface area contributed by atoms with Gasteiger partial charge in [0.25, 0.3) is 5.56 Å². The van der Waals surface area contributed by atoms with E-state index in [0.29, 0.717) is 4.53 Å². The summed E-state index contributed by atoms with van der Waals surface area (Å²) in [6.45, 7) is 4.13. The molecule has 4 rings (SSSR count). The second-order valence-corrected chi connectivity index (χ2v) is 7.57. The largest absolute Gasteiger partial charge is 0.378 e. The monoisotopic (exact) mass is 349 g/mol. The quantitative estimate of drug-likeness (QED) is 0.558. The van der Waals surface area contributed by atoms with Crippen molar-refractivity contribution >= 4 is 39.1 Å². The Hall–Kier alpha value is -2.66. The highest BCUT2D eigenvalue weighted by Gasteiger charge is 2.12. The minimum Gasteiger partial charge on any atom is -0.378 e. The van der Waals surface area contributed by atoms with E-state index in [1.807, 2.05) is 38.4 Å². The number of anilines is 1. The summed E-state index contributed by atoms with van der Waals surface area (Å²) in [5, 5.41) is 0. The molecule has 0 fully saturated rings. The molecule has 0 amide bonds. The predicted octanol–water partition coefficient (Wildman–Crippen LogP) is 3.14. The maximum atomic E-state index is 12.9. The first-order valence-electron chi connectivity index (χ1n) is 8.15. The van der Waals surface area contributed by atoms with Crippen molar-refractivity contribution in [2.75, 3.05) is 19.0 Å². The van der Waals surface area contributed by atoms with E-state index in [2.05, 4.69) is 41.9 Å². The summed E-state index contributed by atoms with van der Waals surface area (Å²) in [5.74, 6) is 0. The Morgan fingerprint density at radius 3 is 2.44 bits per heavy atom. The van der Waals surface area contributed by atoms with Crippen LogP contribution in [0.5, 0.6) is 0 Å². The van der Waals surface area contributed by atoms with Crippen LogP contribution >= 0.6 is 11.3 Å². The van der Waals surface area contributed by atoms with E-state index in [0.717, 1.165) is 27.2 Å². The van der Waals surface area contributed by atoms with Crippen molar-refractivity contribution in [3.05, 3.63) is 68.0 Å². The lowest BCUT2D eigenvalue weighted by Gasteiger charge is -2.11. The summed E-state index contributed by atoms with van der Waals surface area (Å²) in [5.41, 5.74) is 6.29. The number of hydrogen-bond acceptors (Lipinski definition) is 4. The molecule has 2 heterocycles. The third-order valence-corrected chi connectivity index (χ3v) is 5.53. The van der Waals surface area contributed by atoms with E-state index in [4.69, 9.17) is 0 Å². The molecule has 2 aromatic heterocycles. The molecular weight excluding hydrogens is 330 g/mol. The van der Waals surface area contributed by atoms with Crippen LogP contribution in [0, 0.1) is 13.8 Å². The standard InChI is InChI=1S/C20H19N3OS/c1-12-9-16-17(10-13(12)2)23-19(24)18(25-20(23)21-16)11-14-5-7-15(8-6-14)22(3)4/h5-11H,1-4H3/b18-11+. The van der Waals surface area contributed by atoms with E-state index < -0.39 is 0 Å². The van der Waals surface area contributed by atoms with Crippen LogP contribution in [-0.4, -0.2) is 23.5 Å². The summed E-state index contributed by atoms with van der Waals surface area (Å²) in [7, 11) is 4.02. The van der Waals surface area contributed by atoms with Crippen molar-refractivity contribution in [2.45, 2.75) is 13.8 Å². The Labute approximate surface area is 149 Å². The average Bonchev–Trinajstić information content (AvgIpc) is 3.05. The third kappa shape index (κ3) is 2.61. The number of benzene rings is 2. The van der Waals surface area contributed by atoms with Crippen LogP contribution in [0.4, 0.5) is 5.69 Å². The van der Waals surface area contributed by atoms with Crippen molar-refractivity contribution in [3.8, 4) is 0 Å². The predicted molar refractivity (Wildman–Crippen MR) is 106 cm³/mol. The van der Waals surface area contributed by atoms with Gasteiger partial charge in [-0.1, -0.05) is 23.5 Å². The molecule has 4 nitrogen and oxygen atoms in total. The smallest absolute Gasteiger partial charge is 0.274 e. The number of aryl methyl sites for hydroxylation is 2. The van der Waals surface area contributed by atoms with Crippen molar-refractivity contribution in [2.24, 2.45) is 0 Å². The highest BCUT2D eigenvalue weighted by Crippen LogP contribution is 2.20. The molecular formula is C20H19N3OS. The average molecular weight is 349 g/mol. The topological polar surface area (TPSA) is 37.6 Å². The molecule has 0 N–H and O–H groups in total. The molecule has 25 heavy (non-hydrogen) atoms. The van der Waals surface area contributed by atoms with Gasteiger partial charge < -0.3 is 4.90 Å². The van der Waals surface area contributed by atoms with Gasteiger partial charge in [0, 0.05) is 19.8 Å². The van der Waals surface area contributed by atoms with Crippen LogP contribution in [0.1, 0.15) is 16.7 Å². The fourth-order valence-electron chi connectivity index (χ4n) is 2.94. The Morgan fingerprint density at radius 1 is 1.08 bits per heavy atom. The zero-order chi connectivity index (χ0) is 17.7. The van der Waals surface area contributed by atoms with Gasteiger partial charge in [-0.15, -0.1) is 0 Å². The molecule has 5 heteroatoms. The lowest BCUT2D eigenvalue weighted by atomic mass is 10.1. The minimum absolute atomic E-state index is 0.00226. The minimum atomic E-state index is 0.00226. The highest BCUT2D eigenvalue weighted by molar-refractivity contribution is 7.15. The summed E-state index contributed by atoms with van der Waals surface area (Å²) in [6.07, 6.45) is 1.94. The lowest BCUT2D eigenvalue weighted by molar-refractivity contribution is 1.13. The second-order valence-electron chi connectivity index (χ2n) is 6.56. The van der Waals surface area contributed by atoms with Crippen molar-refractivity contribution in [3.63, 3.8) is 0 Å². The molecule has 0 aliphatic carbocycles. The van der Waals surface area contributed by atoms with Crippen LogP contribution in [0.3, 0.4) is 0 Å². The highest BCUT2D eigenvalue weighted by atomic mass is 32.1. The van der Waals surface area contributed by atoms with Crippen LogP contribution < -0.4 is 15.0 Å². The molecule has 126 valence electrons. The van der Waals surface area contributed by atoms with E-state index in [1.165, 1.54) is 22.5 Å². The summed E-state index contributed by atoms with van der Waals surface area (Å²) in [4.78, 5) is 20.3. The molecule has 0 aliphatic rings. The SMILES string of the molecule is Cc1cc2nc3s/c(=C/c4ccc(N(C)C)cc4)c(=O)n3c2cc1C. The van der Waals surface area contributed by atoms with E-state index in [9.17, 15) is 4.79 Å². The Bertz CT molecular complexity index is 1200. The molecule has 0 unspecified atom stereocenters. The molecule has 4 aromatic rings. The molecule has 0 spiro atoms. The van der Waals surface area contributed by atoms with Gasteiger partial charge in [-0.05, 0) is 60.9 Å².